The number of rotatable bonds is 4. The van der Waals surface area contributed by atoms with Crippen molar-refractivity contribution < 1.29 is 4.92 Å². The zero-order chi connectivity index (χ0) is 11.5. The molecular weight excluding hydrogens is 208 g/mol. The van der Waals surface area contributed by atoms with Crippen molar-refractivity contribution in [3.63, 3.8) is 0 Å². The van der Waals surface area contributed by atoms with Gasteiger partial charge in [-0.2, -0.15) is 0 Å². The van der Waals surface area contributed by atoms with Gasteiger partial charge in [0.2, 0.25) is 0 Å². The van der Waals surface area contributed by atoms with Gasteiger partial charge in [0.1, 0.15) is 0 Å². The van der Waals surface area contributed by atoms with E-state index in [0.717, 1.165) is 5.52 Å². The molecule has 0 fully saturated rings. The Balaban J connectivity index is 2.54. The van der Waals surface area contributed by atoms with E-state index in [-0.39, 0.29) is 5.69 Å². The third-order valence-corrected chi connectivity index (χ3v) is 2.16. The number of hydrogen-bond acceptors (Lipinski definition) is 4. The molecule has 1 aromatic carbocycles. The highest BCUT2D eigenvalue weighted by Gasteiger charge is 2.12. The highest BCUT2D eigenvalue weighted by molar-refractivity contribution is 5.90. The molecule has 0 aliphatic rings. The van der Waals surface area contributed by atoms with Crippen LogP contribution in [0.2, 0.25) is 0 Å². The maximum Gasteiger partial charge on any atom is 0.273 e. The van der Waals surface area contributed by atoms with E-state index < -0.39 is 4.92 Å². The number of imidazole rings is 1. The molecule has 1 heterocycles. The van der Waals surface area contributed by atoms with E-state index in [1.807, 2.05) is 0 Å². The molecule has 2 N–H and O–H groups in total. The number of aromatic amines is 1. The van der Waals surface area contributed by atoms with Gasteiger partial charge in [-0.3, -0.25) is 10.1 Å². The molecule has 0 amide bonds. The number of anilines is 1. The van der Waals surface area contributed by atoms with Gasteiger partial charge in [0.25, 0.3) is 5.69 Å². The Bertz CT molecular complexity index is 547. The van der Waals surface area contributed by atoms with Crippen LogP contribution in [-0.4, -0.2) is 21.4 Å². The summed E-state index contributed by atoms with van der Waals surface area (Å²) >= 11 is 0. The summed E-state index contributed by atoms with van der Waals surface area (Å²) < 4.78 is 0. The largest absolute Gasteiger partial charge is 0.380 e. The van der Waals surface area contributed by atoms with E-state index in [1.54, 1.807) is 6.08 Å². The second-order valence-corrected chi connectivity index (χ2v) is 3.22. The quantitative estimate of drug-likeness (QED) is 0.467. The van der Waals surface area contributed by atoms with Gasteiger partial charge in [-0.25, -0.2) is 4.98 Å². The Hall–Kier alpha value is -2.37. The Labute approximate surface area is 91.1 Å². The molecule has 0 saturated heterocycles. The Morgan fingerprint density at radius 3 is 3.12 bits per heavy atom. The van der Waals surface area contributed by atoms with Crippen LogP contribution in [-0.2, 0) is 0 Å². The van der Waals surface area contributed by atoms with Crippen molar-refractivity contribution in [2.75, 3.05) is 11.9 Å². The Morgan fingerprint density at radius 2 is 2.44 bits per heavy atom. The number of nitro benzene ring substituents is 1. The summed E-state index contributed by atoms with van der Waals surface area (Å²) in [5.74, 6) is 0. The third-order valence-electron chi connectivity index (χ3n) is 2.16. The van der Waals surface area contributed by atoms with E-state index in [9.17, 15) is 10.1 Å². The van der Waals surface area contributed by atoms with Gasteiger partial charge in [-0.15, -0.1) is 6.58 Å². The number of benzene rings is 1. The van der Waals surface area contributed by atoms with E-state index in [1.165, 1.54) is 18.5 Å². The lowest BCUT2D eigenvalue weighted by Gasteiger charge is -2.04. The average Bonchev–Trinajstić information content (AvgIpc) is 2.73. The van der Waals surface area contributed by atoms with Gasteiger partial charge in [0.05, 0.1) is 28.0 Å². The molecule has 0 bridgehead atoms. The summed E-state index contributed by atoms with van der Waals surface area (Å²) in [6.45, 7) is 4.12. The smallest absolute Gasteiger partial charge is 0.273 e. The van der Waals surface area contributed by atoms with Crippen LogP contribution in [0.25, 0.3) is 11.0 Å². The maximum atomic E-state index is 10.7. The minimum atomic E-state index is -0.437. The van der Waals surface area contributed by atoms with E-state index in [2.05, 4.69) is 21.9 Å². The predicted octanol–water partition coefficient (Wildman–Crippen LogP) is 2.07. The molecule has 1 aromatic heterocycles. The summed E-state index contributed by atoms with van der Waals surface area (Å²) in [7, 11) is 0. The van der Waals surface area contributed by atoms with E-state index >= 15 is 0 Å². The lowest BCUT2D eigenvalue weighted by molar-refractivity contribution is -0.384. The molecule has 82 valence electrons. The molecule has 6 nitrogen and oxygen atoms in total. The first-order chi connectivity index (χ1) is 7.72. The van der Waals surface area contributed by atoms with E-state index in [0.29, 0.717) is 17.7 Å². The third kappa shape index (κ3) is 1.72. The van der Waals surface area contributed by atoms with Crippen molar-refractivity contribution in [2.45, 2.75) is 0 Å². The van der Waals surface area contributed by atoms with Crippen LogP contribution >= 0.6 is 0 Å². The molecule has 0 aliphatic carbocycles. The fourth-order valence-electron chi connectivity index (χ4n) is 1.46. The number of nitrogens with zero attached hydrogens (tertiary/aromatic N) is 2. The van der Waals surface area contributed by atoms with Gasteiger partial charge in [0, 0.05) is 18.7 Å². The minimum absolute atomic E-state index is 0.0196. The van der Waals surface area contributed by atoms with Crippen LogP contribution in [0.3, 0.4) is 0 Å². The lowest BCUT2D eigenvalue weighted by atomic mass is 10.2. The van der Waals surface area contributed by atoms with Crippen LogP contribution in [0.15, 0.2) is 31.1 Å². The normalized spacial score (nSPS) is 10.2. The standard InChI is InChI=1S/C10H10N4O2/c1-2-3-11-8-4-7(14(15)16)5-9-10(8)13-6-12-9/h2,4-6,11H,1,3H2,(H,12,13). The molecule has 0 saturated carbocycles. The second kappa shape index (κ2) is 4.01. The maximum absolute atomic E-state index is 10.7. The SMILES string of the molecule is C=CCNc1cc([N+](=O)[O-])cc2nc[nH]c12. The van der Waals surface area contributed by atoms with Gasteiger partial charge in [-0.1, -0.05) is 6.08 Å². The van der Waals surface area contributed by atoms with Crippen molar-refractivity contribution in [3.8, 4) is 0 Å². The van der Waals surface area contributed by atoms with Crippen LogP contribution in [0.4, 0.5) is 11.4 Å². The van der Waals surface area contributed by atoms with Crippen molar-refractivity contribution in [1.29, 1.82) is 0 Å². The first-order valence-electron chi connectivity index (χ1n) is 4.68. The average molecular weight is 218 g/mol. The second-order valence-electron chi connectivity index (χ2n) is 3.22. The Kier molecular flexibility index (Phi) is 2.55. The number of aromatic nitrogens is 2. The fraction of sp³-hybridized carbons (Fsp3) is 0.100. The van der Waals surface area contributed by atoms with Crippen LogP contribution in [0.1, 0.15) is 0 Å². The number of nitrogens with one attached hydrogen (secondary N) is 2. The summed E-state index contributed by atoms with van der Waals surface area (Å²) in [6.07, 6.45) is 3.19. The van der Waals surface area contributed by atoms with Crippen molar-refractivity contribution >= 4 is 22.4 Å². The van der Waals surface area contributed by atoms with E-state index in [4.69, 9.17) is 0 Å². The molecule has 2 rings (SSSR count). The molecule has 0 atom stereocenters. The van der Waals surface area contributed by atoms with Crippen LogP contribution < -0.4 is 5.32 Å². The zero-order valence-electron chi connectivity index (χ0n) is 8.43. The molecule has 0 radical (unpaired) electrons. The number of non-ortho nitro benzene ring substituents is 1. The number of nitro groups is 1. The lowest BCUT2D eigenvalue weighted by Crippen LogP contribution is -1.99. The van der Waals surface area contributed by atoms with Gasteiger partial charge in [-0.05, 0) is 0 Å². The van der Waals surface area contributed by atoms with Crippen LogP contribution in [0.5, 0.6) is 0 Å². The number of H-pyrrole nitrogens is 1. The molecular formula is C10H10N4O2. The highest BCUT2D eigenvalue weighted by Crippen LogP contribution is 2.26. The van der Waals surface area contributed by atoms with Gasteiger partial charge >= 0.3 is 0 Å². The summed E-state index contributed by atoms with van der Waals surface area (Å²) in [4.78, 5) is 17.2. The first-order valence-corrected chi connectivity index (χ1v) is 4.68. The van der Waals surface area contributed by atoms with Crippen LogP contribution in [0, 0.1) is 10.1 Å². The minimum Gasteiger partial charge on any atom is -0.380 e. The molecule has 16 heavy (non-hydrogen) atoms. The van der Waals surface area contributed by atoms with Gasteiger partial charge in [0.15, 0.2) is 0 Å². The molecule has 0 unspecified atom stereocenters. The highest BCUT2D eigenvalue weighted by atomic mass is 16.6. The monoisotopic (exact) mass is 218 g/mol. The fourth-order valence-corrected chi connectivity index (χ4v) is 1.46. The van der Waals surface area contributed by atoms with Crippen molar-refractivity contribution in [1.82, 2.24) is 9.97 Å². The molecule has 0 spiro atoms. The topological polar surface area (TPSA) is 83.8 Å². The molecule has 6 heteroatoms. The van der Waals surface area contributed by atoms with Gasteiger partial charge < -0.3 is 10.3 Å². The summed E-state index contributed by atoms with van der Waals surface area (Å²) in [5.41, 5.74) is 2.00. The predicted molar refractivity (Wildman–Crippen MR) is 61.4 cm³/mol. The van der Waals surface area contributed by atoms with Crippen molar-refractivity contribution in [3.05, 3.63) is 41.2 Å². The Morgan fingerprint density at radius 1 is 1.62 bits per heavy atom. The summed E-state index contributed by atoms with van der Waals surface area (Å²) in [6, 6.07) is 2.91. The number of fused-ring (bicyclic) bond motifs is 1. The zero-order valence-corrected chi connectivity index (χ0v) is 8.43. The van der Waals surface area contributed by atoms with Crippen molar-refractivity contribution in [2.24, 2.45) is 0 Å². The first kappa shape index (κ1) is 10.2. The summed E-state index contributed by atoms with van der Waals surface area (Å²) in [5, 5.41) is 13.7. The molecule has 0 aliphatic heterocycles. The number of hydrogen-bond donors (Lipinski definition) is 2. The molecule has 2 aromatic rings.